The van der Waals surface area contributed by atoms with Gasteiger partial charge in [0.2, 0.25) is 0 Å². The van der Waals surface area contributed by atoms with Crippen molar-refractivity contribution in [2.24, 2.45) is 5.84 Å². The maximum absolute atomic E-state index is 11.9. The molecule has 2 rings (SSSR count). The standard InChI is InChI=1S/C10H15N5OS/c11-15-9-6-12-5-8(14-9)10(16)13-7-1-3-17-4-2-7/h5-7H,1-4,11H2,(H,13,16)(H,14,15). The van der Waals surface area contributed by atoms with Gasteiger partial charge in [0.1, 0.15) is 5.69 Å². The number of nitrogens with zero attached hydrogens (tertiary/aromatic N) is 2. The second-order valence-corrected chi connectivity index (χ2v) is 5.02. The fraction of sp³-hybridized carbons (Fsp3) is 0.500. The molecule has 2 heterocycles. The molecule has 1 saturated heterocycles. The molecule has 1 aliphatic rings. The first kappa shape index (κ1) is 12.1. The number of rotatable bonds is 3. The van der Waals surface area contributed by atoms with Crippen LogP contribution in [0.5, 0.6) is 0 Å². The predicted molar refractivity (Wildman–Crippen MR) is 67.7 cm³/mol. The average molecular weight is 253 g/mol. The van der Waals surface area contributed by atoms with Crippen molar-refractivity contribution in [3.05, 3.63) is 18.1 Å². The first-order chi connectivity index (χ1) is 8.29. The fourth-order valence-electron chi connectivity index (χ4n) is 1.65. The van der Waals surface area contributed by atoms with Crippen LogP contribution in [0.3, 0.4) is 0 Å². The topological polar surface area (TPSA) is 92.9 Å². The van der Waals surface area contributed by atoms with Gasteiger partial charge in [0, 0.05) is 6.04 Å². The monoisotopic (exact) mass is 253 g/mol. The van der Waals surface area contributed by atoms with Gasteiger partial charge in [-0.3, -0.25) is 9.78 Å². The van der Waals surface area contributed by atoms with E-state index in [0.29, 0.717) is 11.5 Å². The van der Waals surface area contributed by atoms with E-state index in [4.69, 9.17) is 5.84 Å². The summed E-state index contributed by atoms with van der Waals surface area (Å²) in [6, 6.07) is 0.250. The van der Waals surface area contributed by atoms with Crippen LogP contribution in [0.2, 0.25) is 0 Å². The molecule has 1 aromatic heterocycles. The van der Waals surface area contributed by atoms with Gasteiger partial charge in [-0.15, -0.1) is 0 Å². The van der Waals surface area contributed by atoms with Gasteiger partial charge in [-0.25, -0.2) is 10.8 Å². The number of carbonyl (C=O) groups is 1. The first-order valence-electron chi connectivity index (χ1n) is 5.47. The lowest BCUT2D eigenvalue weighted by Crippen LogP contribution is -2.37. The summed E-state index contributed by atoms with van der Waals surface area (Å²) in [5, 5.41) is 2.96. The number of aromatic nitrogens is 2. The molecule has 0 spiro atoms. The third kappa shape index (κ3) is 3.31. The summed E-state index contributed by atoms with van der Waals surface area (Å²) < 4.78 is 0. The maximum Gasteiger partial charge on any atom is 0.271 e. The van der Waals surface area contributed by atoms with Crippen LogP contribution in [0, 0.1) is 0 Å². The van der Waals surface area contributed by atoms with Crippen LogP contribution in [0.25, 0.3) is 0 Å². The van der Waals surface area contributed by atoms with E-state index in [1.807, 2.05) is 11.8 Å². The van der Waals surface area contributed by atoms with Crippen molar-refractivity contribution in [2.75, 3.05) is 16.9 Å². The molecule has 0 radical (unpaired) electrons. The molecule has 17 heavy (non-hydrogen) atoms. The highest BCUT2D eigenvalue weighted by Gasteiger charge is 2.17. The molecule has 92 valence electrons. The summed E-state index contributed by atoms with van der Waals surface area (Å²) in [7, 11) is 0. The van der Waals surface area contributed by atoms with E-state index in [0.717, 1.165) is 24.3 Å². The Bertz CT molecular complexity index is 394. The van der Waals surface area contributed by atoms with Crippen molar-refractivity contribution in [1.29, 1.82) is 0 Å². The summed E-state index contributed by atoms with van der Waals surface area (Å²) in [6.07, 6.45) is 4.93. The van der Waals surface area contributed by atoms with Crippen LogP contribution in [-0.2, 0) is 0 Å². The van der Waals surface area contributed by atoms with Crippen molar-refractivity contribution in [1.82, 2.24) is 15.3 Å². The fourth-order valence-corrected chi connectivity index (χ4v) is 2.75. The van der Waals surface area contributed by atoms with Gasteiger partial charge in [-0.2, -0.15) is 11.8 Å². The molecular weight excluding hydrogens is 238 g/mol. The van der Waals surface area contributed by atoms with E-state index in [1.165, 1.54) is 12.4 Å². The Balaban J connectivity index is 1.98. The van der Waals surface area contributed by atoms with Crippen LogP contribution >= 0.6 is 11.8 Å². The molecule has 1 aliphatic heterocycles. The van der Waals surface area contributed by atoms with E-state index >= 15 is 0 Å². The van der Waals surface area contributed by atoms with Crippen LogP contribution in [-0.4, -0.2) is 33.4 Å². The van der Waals surface area contributed by atoms with Gasteiger partial charge >= 0.3 is 0 Å². The lowest BCUT2D eigenvalue weighted by atomic mass is 10.1. The molecule has 1 amide bonds. The number of hydrogen-bond donors (Lipinski definition) is 3. The minimum atomic E-state index is -0.188. The lowest BCUT2D eigenvalue weighted by molar-refractivity contribution is 0.0929. The van der Waals surface area contributed by atoms with Crippen LogP contribution in [0.4, 0.5) is 5.82 Å². The number of amides is 1. The van der Waals surface area contributed by atoms with Gasteiger partial charge in [-0.05, 0) is 24.3 Å². The molecule has 1 aromatic rings. The van der Waals surface area contributed by atoms with Gasteiger partial charge < -0.3 is 10.7 Å². The minimum Gasteiger partial charge on any atom is -0.348 e. The molecule has 7 heteroatoms. The van der Waals surface area contributed by atoms with Crippen molar-refractivity contribution in [3.63, 3.8) is 0 Å². The second kappa shape index (κ2) is 5.83. The molecule has 0 aromatic carbocycles. The molecule has 0 saturated carbocycles. The van der Waals surface area contributed by atoms with Crippen molar-refractivity contribution in [2.45, 2.75) is 18.9 Å². The van der Waals surface area contributed by atoms with E-state index in [9.17, 15) is 4.79 Å². The number of nitrogens with two attached hydrogens (primary N) is 1. The SMILES string of the molecule is NNc1cncc(C(=O)NC2CCSCC2)n1. The Morgan fingerprint density at radius 1 is 1.41 bits per heavy atom. The van der Waals surface area contributed by atoms with Crippen LogP contribution in [0.1, 0.15) is 23.3 Å². The summed E-state index contributed by atoms with van der Waals surface area (Å²) in [6.45, 7) is 0. The van der Waals surface area contributed by atoms with Gasteiger partial charge in [-0.1, -0.05) is 0 Å². The number of nitrogen functional groups attached to an aromatic ring is 1. The quantitative estimate of drug-likeness (QED) is 0.533. The summed E-state index contributed by atoms with van der Waals surface area (Å²) in [4.78, 5) is 19.8. The molecule has 0 aliphatic carbocycles. The Kier molecular flexibility index (Phi) is 4.16. The highest BCUT2D eigenvalue weighted by molar-refractivity contribution is 7.99. The van der Waals surface area contributed by atoms with Gasteiger partial charge in [0.25, 0.3) is 5.91 Å². The molecule has 0 atom stereocenters. The van der Waals surface area contributed by atoms with Crippen molar-refractivity contribution in [3.8, 4) is 0 Å². The third-order valence-corrected chi connectivity index (χ3v) is 3.62. The Morgan fingerprint density at radius 2 is 2.18 bits per heavy atom. The molecule has 0 bridgehead atoms. The zero-order valence-corrected chi connectivity index (χ0v) is 10.2. The Hall–Kier alpha value is -1.34. The van der Waals surface area contributed by atoms with E-state index in [-0.39, 0.29) is 11.9 Å². The zero-order chi connectivity index (χ0) is 12.1. The number of hydrazine groups is 1. The Morgan fingerprint density at radius 3 is 2.88 bits per heavy atom. The number of thioether (sulfide) groups is 1. The largest absolute Gasteiger partial charge is 0.348 e. The summed E-state index contributed by atoms with van der Waals surface area (Å²) in [5.41, 5.74) is 2.66. The van der Waals surface area contributed by atoms with Crippen LogP contribution in [0.15, 0.2) is 12.4 Å². The third-order valence-electron chi connectivity index (χ3n) is 2.57. The van der Waals surface area contributed by atoms with Gasteiger partial charge in [0.05, 0.1) is 12.4 Å². The van der Waals surface area contributed by atoms with E-state index < -0.39 is 0 Å². The normalized spacial score (nSPS) is 16.5. The predicted octanol–water partition coefficient (Wildman–Crippen LogP) is 0.388. The lowest BCUT2D eigenvalue weighted by Gasteiger charge is -2.22. The Labute approximate surface area is 104 Å². The zero-order valence-electron chi connectivity index (χ0n) is 9.35. The number of anilines is 1. The van der Waals surface area contributed by atoms with Crippen molar-refractivity contribution >= 4 is 23.5 Å². The summed E-state index contributed by atoms with van der Waals surface area (Å²) >= 11 is 1.92. The van der Waals surface area contributed by atoms with Crippen LogP contribution < -0.4 is 16.6 Å². The molecule has 6 nitrogen and oxygen atoms in total. The maximum atomic E-state index is 11.9. The van der Waals surface area contributed by atoms with E-state index in [1.54, 1.807) is 0 Å². The molecule has 1 fully saturated rings. The number of carbonyl (C=O) groups excluding carboxylic acids is 1. The van der Waals surface area contributed by atoms with Crippen molar-refractivity contribution < 1.29 is 4.79 Å². The first-order valence-corrected chi connectivity index (χ1v) is 6.62. The van der Waals surface area contributed by atoms with Gasteiger partial charge in [0.15, 0.2) is 5.82 Å². The average Bonchev–Trinajstić information content (AvgIpc) is 2.40. The minimum absolute atomic E-state index is 0.188. The molecule has 0 unspecified atom stereocenters. The van der Waals surface area contributed by atoms with E-state index in [2.05, 4.69) is 20.7 Å². The highest BCUT2D eigenvalue weighted by Crippen LogP contribution is 2.17. The smallest absolute Gasteiger partial charge is 0.271 e. The molecular formula is C10H15N5OS. The second-order valence-electron chi connectivity index (χ2n) is 3.79. The summed E-state index contributed by atoms with van der Waals surface area (Å²) in [5.74, 6) is 7.61. The highest BCUT2D eigenvalue weighted by atomic mass is 32.2. The number of nitrogens with one attached hydrogen (secondary N) is 2. The molecule has 4 N–H and O–H groups in total. The number of hydrogen-bond acceptors (Lipinski definition) is 6.